The lowest BCUT2D eigenvalue weighted by Crippen LogP contribution is -2.66. The van der Waals surface area contributed by atoms with Crippen LogP contribution in [0.5, 0.6) is 11.5 Å². The Bertz CT molecular complexity index is 705. The van der Waals surface area contributed by atoms with Crippen molar-refractivity contribution in [1.82, 2.24) is 4.90 Å². The van der Waals surface area contributed by atoms with Crippen LogP contribution in [0.3, 0.4) is 0 Å². The summed E-state index contributed by atoms with van der Waals surface area (Å²) in [6.07, 6.45) is 1.93. The van der Waals surface area contributed by atoms with Gasteiger partial charge in [-0.05, 0) is 37.2 Å². The molecule has 2 aliphatic heterocycles. The van der Waals surface area contributed by atoms with Crippen molar-refractivity contribution in [1.29, 1.82) is 0 Å². The fraction of sp³-hybridized carbons (Fsp3) is 0.700. The van der Waals surface area contributed by atoms with Crippen LogP contribution in [0, 0.1) is 11.8 Å². The molecule has 136 valence electrons. The van der Waals surface area contributed by atoms with Gasteiger partial charge in [-0.1, -0.05) is 19.1 Å². The smallest absolute Gasteiger partial charge is 0.285 e. The number of halogens is 2. The van der Waals surface area contributed by atoms with Gasteiger partial charge in [0, 0.05) is 36.5 Å². The molecule has 4 atom stereocenters. The number of likely N-dealkylation sites (tertiary alicyclic amines) is 1. The standard InChI is InChI=1S/C20H25F2NO2/c1-12-10-23(14-6-7-14)11-13-8-9-19(21,22)18-20(12,13)15-4-3-5-16(24-2)17(15)25-18/h3-5,12-14,18H,6-11H2,1-2H3. The molecule has 1 aromatic rings. The molecule has 5 heteroatoms. The second kappa shape index (κ2) is 5.09. The molecule has 3 nitrogen and oxygen atoms in total. The van der Waals surface area contributed by atoms with E-state index in [0.29, 0.717) is 24.0 Å². The van der Waals surface area contributed by atoms with Crippen LogP contribution in [0.25, 0.3) is 0 Å². The van der Waals surface area contributed by atoms with Crippen LogP contribution in [0.1, 0.15) is 38.2 Å². The van der Waals surface area contributed by atoms with Crippen molar-refractivity contribution in [2.75, 3.05) is 20.2 Å². The van der Waals surface area contributed by atoms with Gasteiger partial charge in [-0.15, -0.1) is 0 Å². The van der Waals surface area contributed by atoms with Gasteiger partial charge in [0.2, 0.25) is 0 Å². The SMILES string of the molecule is COc1cccc2c1OC1C(F)(F)CCC3CN(C4CC4)CC(C)C231. The number of alkyl halides is 2. The van der Waals surface area contributed by atoms with E-state index in [0.717, 1.165) is 18.7 Å². The summed E-state index contributed by atoms with van der Waals surface area (Å²) >= 11 is 0. The highest BCUT2D eigenvalue weighted by Gasteiger charge is 2.69. The number of rotatable bonds is 2. The number of ether oxygens (including phenoxy) is 2. The Labute approximate surface area is 147 Å². The maximum Gasteiger partial charge on any atom is 0.285 e. The van der Waals surface area contributed by atoms with Crippen LogP contribution in [-0.4, -0.2) is 43.2 Å². The van der Waals surface area contributed by atoms with Crippen LogP contribution in [0.4, 0.5) is 8.78 Å². The molecule has 0 aromatic heterocycles. The minimum absolute atomic E-state index is 0.0778. The fourth-order valence-electron chi connectivity index (χ4n) is 5.87. The first kappa shape index (κ1) is 15.9. The Morgan fingerprint density at radius 3 is 2.72 bits per heavy atom. The molecule has 4 aliphatic rings. The summed E-state index contributed by atoms with van der Waals surface area (Å²) in [6.45, 7) is 3.95. The highest BCUT2D eigenvalue weighted by Crippen LogP contribution is 2.64. The van der Waals surface area contributed by atoms with Crippen LogP contribution < -0.4 is 9.47 Å². The zero-order valence-electron chi connectivity index (χ0n) is 14.8. The summed E-state index contributed by atoms with van der Waals surface area (Å²) in [5.41, 5.74) is 0.348. The number of hydrogen-bond donors (Lipinski definition) is 0. The summed E-state index contributed by atoms with van der Waals surface area (Å²) in [5, 5.41) is 0. The summed E-state index contributed by atoms with van der Waals surface area (Å²) < 4.78 is 41.4. The van der Waals surface area contributed by atoms with Gasteiger partial charge >= 0.3 is 0 Å². The molecule has 4 unspecified atom stereocenters. The summed E-state index contributed by atoms with van der Waals surface area (Å²) in [5.74, 6) is -1.32. The van der Waals surface area contributed by atoms with E-state index in [1.807, 2.05) is 18.2 Å². The largest absolute Gasteiger partial charge is 0.493 e. The van der Waals surface area contributed by atoms with Crippen molar-refractivity contribution < 1.29 is 18.3 Å². The van der Waals surface area contributed by atoms with Gasteiger partial charge in [-0.2, -0.15) is 0 Å². The van der Waals surface area contributed by atoms with Crippen LogP contribution in [0.15, 0.2) is 18.2 Å². The molecule has 1 spiro atoms. The predicted molar refractivity (Wildman–Crippen MR) is 90.5 cm³/mol. The molecule has 0 bridgehead atoms. The average Bonchev–Trinajstić information content (AvgIpc) is 3.37. The molecule has 5 rings (SSSR count). The zero-order chi connectivity index (χ0) is 17.4. The van der Waals surface area contributed by atoms with Gasteiger partial charge in [0.25, 0.3) is 5.92 Å². The highest BCUT2D eigenvalue weighted by atomic mass is 19.3. The van der Waals surface area contributed by atoms with Crippen molar-refractivity contribution in [3.8, 4) is 11.5 Å². The number of methoxy groups -OCH3 is 1. The number of para-hydroxylation sites is 1. The van der Waals surface area contributed by atoms with Gasteiger partial charge in [-0.3, -0.25) is 4.90 Å². The molecule has 2 saturated carbocycles. The Kier molecular flexibility index (Phi) is 3.23. The quantitative estimate of drug-likeness (QED) is 0.809. The number of hydrogen-bond acceptors (Lipinski definition) is 3. The lowest BCUT2D eigenvalue weighted by atomic mass is 9.53. The number of nitrogens with zero attached hydrogens (tertiary/aromatic N) is 1. The summed E-state index contributed by atoms with van der Waals surface area (Å²) in [7, 11) is 1.58. The molecule has 1 aromatic carbocycles. The van der Waals surface area contributed by atoms with Crippen molar-refractivity contribution in [2.24, 2.45) is 11.8 Å². The number of piperidine rings is 1. The Hall–Kier alpha value is -1.36. The van der Waals surface area contributed by atoms with E-state index >= 15 is 0 Å². The maximum absolute atomic E-state index is 15.0. The molecular weight excluding hydrogens is 324 g/mol. The fourth-order valence-corrected chi connectivity index (χ4v) is 5.87. The molecule has 2 aliphatic carbocycles. The van der Waals surface area contributed by atoms with E-state index in [1.165, 1.54) is 12.8 Å². The lowest BCUT2D eigenvalue weighted by Gasteiger charge is -2.56. The van der Waals surface area contributed by atoms with Gasteiger partial charge < -0.3 is 9.47 Å². The zero-order valence-corrected chi connectivity index (χ0v) is 14.8. The van der Waals surface area contributed by atoms with Gasteiger partial charge in [0.05, 0.1) is 7.11 Å². The van der Waals surface area contributed by atoms with E-state index in [-0.39, 0.29) is 18.3 Å². The van der Waals surface area contributed by atoms with Crippen molar-refractivity contribution in [3.05, 3.63) is 23.8 Å². The minimum Gasteiger partial charge on any atom is -0.493 e. The Morgan fingerprint density at radius 2 is 2.00 bits per heavy atom. The number of benzene rings is 1. The third-order valence-electron chi connectivity index (χ3n) is 7.06. The summed E-state index contributed by atoms with van der Waals surface area (Å²) in [6, 6.07) is 6.40. The first-order valence-electron chi connectivity index (χ1n) is 9.44. The minimum atomic E-state index is -2.80. The first-order chi connectivity index (χ1) is 12.0. The Balaban J connectivity index is 1.66. The number of fused-ring (bicyclic) bond motifs is 1. The molecule has 0 N–H and O–H groups in total. The van der Waals surface area contributed by atoms with Gasteiger partial charge in [0.1, 0.15) is 0 Å². The molecule has 0 amide bonds. The highest BCUT2D eigenvalue weighted by molar-refractivity contribution is 5.56. The molecule has 1 saturated heterocycles. The van der Waals surface area contributed by atoms with E-state index < -0.39 is 17.4 Å². The van der Waals surface area contributed by atoms with Gasteiger partial charge in [0.15, 0.2) is 17.6 Å². The van der Waals surface area contributed by atoms with Gasteiger partial charge in [-0.25, -0.2) is 8.78 Å². The van der Waals surface area contributed by atoms with Crippen molar-refractivity contribution in [2.45, 2.75) is 56.1 Å². The van der Waals surface area contributed by atoms with E-state index in [9.17, 15) is 8.78 Å². The third-order valence-corrected chi connectivity index (χ3v) is 7.06. The molecule has 25 heavy (non-hydrogen) atoms. The van der Waals surface area contributed by atoms with Crippen LogP contribution >= 0.6 is 0 Å². The first-order valence-corrected chi connectivity index (χ1v) is 9.44. The third kappa shape index (κ3) is 1.99. The Morgan fingerprint density at radius 1 is 1.20 bits per heavy atom. The van der Waals surface area contributed by atoms with Crippen molar-refractivity contribution in [3.63, 3.8) is 0 Å². The van der Waals surface area contributed by atoms with Crippen LogP contribution in [-0.2, 0) is 5.41 Å². The predicted octanol–water partition coefficient (Wildman–Crippen LogP) is 3.85. The topological polar surface area (TPSA) is 21.7 Å². The summed E-state index contributed by atoms with van der Waals surface area (Å²) in [4.78, 5) is 2.54. The average molecular weight is 349 g/mol. The second-order valence-corrected chi connectivity index (χ2v) is 8.35. The lowest BCUT2D eigenvalue weighted by molar-refractivity contribution is -0.183. The second-order valence-electron chi connectivity index (χ2n) is 8.35. The van der Waals surface area contributed by atoms with E-state index in [4.69, 9.17) is 9.47 Å². The maximum atomic E-state index is 15.0. The molecular formula is C20H25F2NO2. The molecule has 2 heterocycles. The van der Waals surface area contributed by atoms with Crippen LogP contribution in [0.2, 0.25) is 0 Å². The van der Waals surface area contributed by atoms with Crippen molar-refractivity contribution >= 4 is 0 Å². The normalized spacial score (nSPS) is 39.1. The molecule has 0 radical (unpaired) electrons. The van der Waals surface area contributed by atoms with E-state index in [1.54, 1.807) is 7.11 Å². The molecule has 3 fully saturated rings. The monoisotopic (exact) mass is 349 g/mol. The van der Waals surface area contributed by atoms with E-state index in [2.05, 4.69) is 11.8 Å².